The molecule has 1 unspecified atom stereocenters. The maximum atomic E-state index is 13.0. The van der Waals surface area contributed by atoms with Crippen molar-refractivity contribution in [2.24, 2.45) is 0 Å². The van der Waals surface area contributed by atoms with Crippen LogP contribution in [-0.4, -0.2) is 33.6 Å². The summed E-state index contributed by atoms with van der Waals surface area (Å²) in [5, 5.41) is 2.33. The largest absolute Gasteiger partial charge is 0.383 e. The van der Waals surface area contributed by atoms with Crippen LogP contribution in [0.2, 0.25) is 0 Å². The van der Waals surface area contributed by atoms with Crippen LogP contribution in [-0.2, 0) is 9.59 Å². The summed E-state index contributed by atoms with van der Waals surface area (Å²) in [5.41, 5.74) is 11.1. The van der Waals surface area contributed by atoms with Crippen molar-refractivity contribution in [2.45, 2.75) is 45.7 Å². The van der Waals surface area contributed by atoms with Crippen molar-refractivity contribution in [3.8, 4) is 11.3 Å². The van der Waals surface area contributed by atoms with Crippen molar-refractivity contribution in [2.75, 3.05) is 5.73 Å². The quantitative estimate of drug-likeness (QED) is 0.780. The van der Waals surface area contributed by atoms with Gasteiger partial charge in [0.15, 0.2) is 0 Å². The van der Waals surface area contributed by atoms with E-state index in [9.17, 15) is 14.4 Å². The summed E-state index contributed by atoms with van der Waals surface area (Å²) >= 11 is 0. The summed E-state index contributed by atoms with van der Waals surface area (Å²) in [5.74, 6) is -0.396. The van der Waals surface area contributed by atoms with Crippen LogP contribution in [0.4, 0.5) is 5.82 Å². The molecule has 28 heavy (non-hydrogen) atoms. The van der Waals surface area contributed by atoms with Gasteiger partial charge in [-0.1, -0.05) is 6.07 Å². The number of nitrogen functional groups attached to an aromatic ring is 1. The molecule has 0 radical (unpaired) electrons. The lowest BCUT2D eigenvalue weighted by Gasteiger charge is -2.32. The molecule has 1 aromatic carbocycles. The van der Waals surface area contributed by atoms with Crippen LogP contribution in [0.25, 0.3) is 11.3 Å². The molecule has 144 valence electrons. The number of hydrogen-bond acceptors (Lipinski definition) is 5. The van der Waals surface area contributed by atoms with Crippen LogP contribution in [0.15, 0.2) is 24.3 Å². The van der Waals surface area contributed by atoms with E-state index < -0.39 is 11.9 Å². The van der Waals surface area contributed by atoms with Crippen molar-refractivity contribution in [3.63, 3.8) is 0 Å². The first-order valence-corrected chi connectivity index (χ1v) is 9.32. The number of amides is 3. The van der Waals surface area contributed by atoms with E-state index in [1.165, 1.54) is 0 Å². The van der Waals surface area contributed by atoms with Gasteiger partial charge in [0.25, 0.3) is 5.91 Å². The zero-order valence-corrected chi connectivity index (χ0v) is 16.1. The average Bonchev–Trinajstić information content (AvgIpc) is 2.90. The highest BCUT2D eigenvalue weighted by Gasteiger charge is 2.43. The lowest BCUT2D eigenvalue weighted by molar-refractivity contribution is -0.137. The number of aryl methyl sites for hydroxylation is 1. The Morgan fingerprint density at radius 2 is 1.93 bits per heavy atom. The summed E-state index contributed by atoms with van der Waals surface area (Å²) in [4.78, 5) is 42.7. The van der Waals surface area contributed by atoms with E-state index in [1.807, 2.05) is 39.0 Å². The lowest BCUT2D eigenvalue weighted by Crippen LogP contribution is -2.53. The third kappa shape index (κ3) is 2.74. The van der Waals surface area contributed by atoms with Crippen LogP contribution in [0, 0.1) is 13.8 Å². The fourth-order valence-electron chi connectivity index (χ4n) is 4.00. The second-order valence-corrected chi connectivity index (χ2v) is 7.49. The number of pyridine rings is 1. The van der Waals surface area contributed by atoms with Crippen LogP contribution >= 0.6 is 0 Å². The van der Waals surface area contributed by atoms with Gasteiger partial charge in [-0.3, -0.25) is 19.7 Å². The van der Waals surface area contributed by atoms with Gasteiger partial charge >= 0.3 is 0 Å². The van der Waals surface area contributed by atoms with Crippen molar-refractivity contribution in [1.29, 1.82) is 0 Å². The minimum absolute atomic E-state index is 0.184. The lowest BCUT2D eigenvalue weighted by atomic mass is 9.98. The number of benzene rings is 1. The van der Waals surface area contributed by atoms with Crippen LogP contribution in [0.1, 0.15) is 52.9 Å². The monoisotopic (exact) mass is 378 g/mol. The Balaban J connectivity index is 1.71. The maximum Gasteiger partial charge on any atom is 0.255 e. The fraction of sp³-hybridized carbons (Fsp3) is 0.333. The van der Waals surface area contributed by atoms with Gasteiger partial charge in [0.05, 0.1) is 11.7 Å². The van der Waals surface area contributed by atoms with Gasteiger partial charge in [-0.15, -0.1) is 0 Å². The first-order chi connectivity index (χ1) is 13.3. The molecule has 3 N–H and O–H groups in total. The number of fused-ring (bicyclic) bond motifs is 1. The maximum absolute atomic E-state index is 13.0. The normalized spacial score (nSPS) is 21.7. The van der Waals surface area contributed by atoms with Crippen LogP contribution in [0.5, 0.6) is 0 Å². The number of piperidine rings is 1. The molecule has 4 rings (SSSR count). The van der Waals surface area contributed by atoms with Crippen molar-refractivity contribution >= 4 is 23.5 Å². The molecule has 1 aromatic heterocycles. The standard InChI is InChI=1S/C21H22N4O3/c1-10-8-16(23-19(22)11(10)2)13-4-5-14-15(9-13)12(3)25(21(14)28)17-6-7-18(26)24-20(17)27/h4-5,8-9,12,17H,6-7H2,1-3H3,(H2,22,23)(H,24,26,27)/t12-,17?/m0/s1. The molecule has 2 atom stereocenters. The number of rotatable bonds is 2. The molecule has 0 aliphatic carbocycles. The number of imide groups is 1. The fourth-order valence-corrected chi connectivity index (χ4v) is 4.00. The van der Waals surface area contributed by atoms with Gasteiger partial charge in [0, 0.05) is 17.5 Å². The second kappa shape index (κ2) is 6.44. The molecule has 0 bridgehead atoms. The van der Waals surface area contributed by atoms with E-state index in [0.717, 1.165) is 27.9 Å². The Hall–Kier alpha value is -3.22. The first-order valence-electron chi connectivity index (χ1n) is 9.32. The number of aromatic nitrogens is 1. The number of carbonyl (C=O) groups is 3. The number of carbonyl (C=O) groups excluding carboxylic acids is 3. The van der Waals surface area contributed by atoms with E-state index in [1.54, 1.807) is 11.0 Å². The molecule has 3 amide bonds. The summed E-state index contributed by atoms with van der Waals surface area (Å²) in [7, 11) is 0. The molecule has 0 spiro atoms. The number of hydrogen-bond donors (Lipinski definition) is 2. The van der Waals surface area contributed by atoms with Gasteiger partial charge in [-0.25, -0.2) is 4.98 Å². The topological polar surface area (TPSA) is 105 Å². The molecule has 1 saturated heterocycles. The predicted molar refractivity (Wildman–Crippen MR) is 104 cm³/mol. The zero-order valence-electron chi connectivity index (χ0n) is 16.1. The van der Waals surface area contributed by atoms with Gasteiger partial charge < -0.3 is 10.6 Å². The van der Waals surface area contributed by atoms with E-state index in [-0.39, 0.29) is 24.3 Å². The Morgan fingerprint density at radius 1 is 1.18 bits per heavy atom. The molecular weight excluding hydrogens is 356 g/mol. The average molecular weight is 378 g/mol. The third-order valence-electron chi connectivity index (χ3n) is 5.80. The van der Waals surface area contributed by atoms with E-state index in [4.69, 9.17) is 5.73 Å². The third-order valence-corrected chi connectivity index (χ3v) is 5.80. The Kier molecular flexibility index (Phi) is 4.18. The summed E-state index contributed by atoms with van der Waals surface area (Å²) < 4.78 is 0. The van der Waals surface area contributed by atoms with Gasteiger partial charge in [0.2, 0.25) is 11.8 Å². The van der Waals surface area contributed by atoms with Gasteiger partial charge in [-0.2, -0.15) is 0 Å². The molecule has 2 aliphatic heterocycles. The van der Waals surface area contributed by atoms with Crippen molar-refractivity contribution in [1.82, 2.24) is 15.2 Å². The number of nitrogens with one attached hydrogen (secondary N) is 1. The number of nitrogens with zero attached hydrogens (tertiary/aromatic N) is 2. The number of nitrogens with two attached hydrogens (primary N) is 1. The van der Waals surface area contributed by atoms with E-state index in [2.05, 4.69) is 10.3 Å². The SMILES string of the molecule is Cc1cc(-c2ccc3c(c2)[C@H](C)N(C2CCC(=O)NC2=O)C3=O)nc(N)c1C. The molecule has 2 aromatic rings. The van der Waals surface area contributed by atoms with Crippen molar-refractivity contribution in [3.05, 3.63) is 46.5 Å². The molecule has 3 heterocycles. The molecule has 7 nitrogen and oxygen atoms in total. The molecule has 7 heteroatoms. The summed E-state index contributed by atoms with van der Waals surface area (Å²) in [6, 6.07) is 6.66. The van der Waals surface area contributed by atoms with E-state index >= 15 is 0 Å². The minimum Gasteiger partial charge on any atom is -0.383 e. The summed E-state index contributed by atoms with van der Waals surface area (Å²) in [6.45, 7) is 5.82. The Labute approximate surface area is 162 Å². The molecule has 1 fully saturated rings. The van der Waals surface area contributed by atoms with Gasteiger partial charge in [0.1, 0.15) is 11.9 Å². The number of anilines is 1. The highest BCUT2D eigenvalue weighted by atomic mass is 16.2. The molecule has 2 aliphatic rings. The first kappa shape index (κ1) is 18.2. The zero-order chi connectivity index (χ0) is 20.2. The predicted octanol–water partition coefficient (Wildman–Crippen LogP) is 2.27. The van der Waals surface area contributed by atoms with Crippen LogP contribution in [0.3, 0.4) is 0 Å². The Morgan fingerprint density at radius 3 is 2.61 bits per heavy atom. The summed E-state index contributed by atoms with van der Waals surface area (Å²) in [6.07, 6.45) is 0.581. The second-order valence-electron chi connectivity index (χ2n) is 7.49. The minimum atomic E-state index is -0.633. The smallest absolute Gasteiger partial charge is 0.255 e. The van der Waals surface area contributed by atoms with Crippen LogP contribution < -0.4 is 11.1 Å². The van der Waals surface area contributed by atoms with Gasteiger partial charge in [-0.05, 0) is 62.1 Å². The Bertz CT molecular complexity index is 1010. The molecular formula is C21H22N4O3. The van der Waals surface area contributed by atoms with Crippen molar-refractivity contribution < 1.29 is 14.4 Å². The highest BCUT2D eigenvalue weighted by molar-refractivity contribution is 6.06. The molecule has 0 saturated carbocycles. The highest BCUT2D eigenvalue weighted by Crippen LogP contribution is 2.38. The van der Waals surface area contributed by atoms with E-state index in [0.29, 0.717) is 17.8 Å².